The van der Waals surface area contributed by atoms with Crippen LogP contribution in [-0.2, 0) is 0 Å². The second-order valence-electron chi connectivity index (χ2n) is 9.46. The standard InChI is InChI=1S/C20H31Cl4NSi/c1-13(2)15-10-9-11-16(14(3)4)17(15)25-18(26(21,22,23)24)19(5,6)12-20(25,7)8/h9-11,13-14H,12H2,1-8H3. The number of benzene rings is 1. The van der Waals surface area contributed by atoms with Crippen molar-refractivity contribution in [2.45, 2.75) is 79.2 Å². The summed E-state index contributed by atoms with van der Waals surface area (Å²) in [4.78, 5) is 0. The van der Waals surface area contributed by atoms with Crippen LogP contribution >= 0.6 is 44.3 Å². The van der Waals surface area contributed by atoms with E-state index in [-0.39, 0.29) is 11.0 Å². The van der Waals surface area contributed by atoms with Gasteiger partial charge in [-0.2, -0.15) is 0 Å². The molecule has 0 aliphatic carbocycles. The maximum atomic E-state index is 6.69. The molecule has 2 rings (SSSR count). The third kappa shape index (κ3) is 4.15. The Kier molecular flexibility index (Phi) is 5.78. The predicted molar refractivity (Wildman–Crippen MR) is 121 cm³/mol. The van der Waals surface area contributed by atoms with Gasteiger partial charge < -0.3 is 0 Å². The molecule has 0 aromatic heterocycles. The molecule has 0 atom stereocenters. The van der Waals surface area contributed by atoms with E-state index < -0.39 is 4.59 Å². The summed E-state index contributed by atoms with van der Waals surface area (Å²) in [5.41, 5.74) is 3.22. The average molecular weight is 455 g/mol. The molecule has 0 spiro atoms. The number of hydrogen-bond acceptors (Lipinski definition) is 0. The summed E-state index contributed by atoms with van der Waals surface area (Å²) in [5, 5.41) is 0.782. The Morgan fingerprint density at radius 3 is 1.65 bits per heavy atom. The Morgan fingerprint density at radius 2 is 1.31 bits per heavy atom. The zero-order valence-electron chi connectivity index (χ0n) is 17.1. The first-order chi connectivity index (χ1) is 11.5. The Hall–Kier alpha value is 0.267. The van der Waals surface area contributed by atoms with Crippen LogP contribution in [0.25, 0.3) is 0 Å². The fourth-order valence-electron chi connectivity index (χ4n) is 4.71. The van der Waals surface area contributed by atoms with E-state index in [2.05, 4.69) is 78.2 Å². The van der Waals surface area contributed by atoms with Crippen LogP contribution in [0.3, 0.4) is 0 Å². The van der Waals surface area contributed by atoms with Gasteiger partial charge in [-0.05, 0) is 0 Å². The van der Waals surface area contributed by atoms with Gasteiger partial charge in [0, 0.05) is 0 Å². The summed E-state index contributed by atoms with van der Waals surface area (Å²) >= 11 is 26.7. The summed E-state index contributed by atoms with van der Waals surface area (Å²) in [6, 6.07) is 6.51. The molecule has 1 aliphatic heterocycles. The molecule has 1 aromatic rings. The van der Waals surface area contributed by atoms with Crippen LogP contribution in [0.15, 0.2) is 18.2 Å². The van der Waals surface area contributed by atoms with Crippen LogP contribution in [0.1, 0.15) is 84.8 Å². The van der Waals surface area contributed by atoms with E-state index in [4.69, 9.17) is 44.3 Å². The fourth-order valence-corrected chi connectivity index (χ4v) is 10.7. The molecule has 1 aromatic carbocycles. The van der Waals surface area contributed by atoms with Crippen molar-refractivity contribution in [2.24, 2.45) is 5.41 Å². The molecule has 148 valence electrons. The molecule has 1 aliphatic rings. The second-order valence-corrected chi connectivity index (χ2v) is 24.1. The van der Waals surface area contributed by atoms with Crippen LogP contribution in [0, 0.1) is 5.41 Å². The van der Waals surface area contributed by atoms with Gasteiger partial charge in [0.05, 0.1) is 0 Å². The molecule has 0 bridgehead atoms. The molecule has 1 nitrogen and oxygen atoms in total. The van der Waals surface area contributed by atoms with E-state index in [9.17, 15) is 0 Å². The van der Waals surface area contributed by atoms with Gasteiger partial charge in [0.25, 0.3) is 0 Å². The molecule has 0 N–H and O–H groups in total. The minimum absolute atomic E-state index is 0.199. The molecular weight excluding hydrogens is 424 g/mol. The molecule has 0 saturated carbocycles. The van der Waals surface area contributed by atoms with Gasteiger partial charge in [0.2, 0.25) is 0 Å². The first kappa shape index (κ1) is 22.6. The van der Waals surface area contributed by atoms with Gasteiger partial charge >= 0.3 is 178 Å². The van der Waals surface area contributed by atoms with E-state index in [1.54, 1.807) is 0 Å². The molecule has 0 amide bonds. The summed E-state index contributed by atoms with van der Waals surface area (Å²) < 4.78 is -2.06. The van der Waals surface area contributed by atoms with E-state index in [1.807, 2.05) is 0 Å². The SMILES string of the molecule is CC(C)c1cccc(C(C)C)c1[N+]1=C([Si-](Cl)(Cl)(Cl)Cl)C(C)(C)CC1(C)C. The van der Waals surface area contributed by atoms with Crippen molar-refractivity contribution >= 4 is 59.9 Å². The maximum absolute atomic E-state index is 6.69. The number of halogens is 4. The van der Waals surface area contributed by atoms with Crippen molar-refractivity contribution in [1.29, 1.82) is 0 Å². The zero-order valence-corrected chi connectivity index (χ0v) is 21.1. The van der Waals surface area contributed by atoms with Gasteiger partial charge in [-0.3, -0.25) is 0 Å². The van der Waals surface area contributed by atoms with E-state index in [0.29, 0.717) is 11.8 Å². The average Bonchev–Trinajstić information content (AvgIpc) is 2.60. The molecule has 0 saturated heterocycles. The Balaban J connectivity index is 3.07. The first-order valence-electron chi connectivity index (χ1n) is 9.26. The van der Waals surface area contributed by atoms with Crippen LogP contribution < -0.4 is 0 Å². The Labute approximate surface area is 177 Å². The Bertz CT molecular complexity index is 719. The molecule has 0 radical (unpaired) electrons. The second kappa shape index (κ2) is 6.66. The van der Waals surface area contributed by atoms with Crippen LogP contribution in [-0.4, -0.2) is 20.0 Å². The first-order valence-corrected chi connectivity index (χ1v) is 15.8. The van der Waals surface area contributed by atoms with Gasteiger partial charge in [-0.1, -0.05) is 0 Å². The Morgan fingerprint density at radius 1 is 0.885 bits per heavy atom. The van der Waals surface area contributed by atoms with Gasteiger partial charge in [0.1, 0.15) is 0 Å². The van der Waals surface area contributed by atoms with Crippen molar-refractivity contribution in [3.05, 3.63) is 29.3 Å². The topological polar surface area (TPSA) is 3.01 Å². The number of rotatable bonds is 4. The van der Waals surface area contributed by atoms with Crippen molar-refractivity contribution in [3.8, 4) is 0 Å². The summed E-state index contributed by atoms with van der Waals surface area (Å²) in [5.74, 6) is 0.712. The van der Waals surface area contributed by atoms with E-state index >= 15 is 0 Å². The van der Waals surface area contributed by atoms with Gasteiger partial charge in [-0.25, -0.2) is 0 Å². The molecule has 1 heterocycles. The molecule has 0 unspecified atom stereocenters. The van der Waals surface area contributed by atoms with Gasteiger partial charge in [0.15, 0.2) is 0 Å². The quantitative estimate of drug-likeness (QED) is 0.245. The third-order valence-electron chi connectivity index (χ3n) is 5.27. The van der Waals surface area contributed by atoms with Crippen molar-refractivity contribution in [1.82, 2.24) is 0 Å². The normalized spacial score (nSPS) is 21.4. The monoisotopic (exact) mass is 453 g/mol. The molecular formula is C20H31Cl4NSi. The van der Waals surface area contributed by atoms with E-state index in [0.717, 1.165) is 11.8 Å². The minimum atomic E-state index is -4.34. The number of hydrogen-bond donors (Lipinski definition) is 0. The summed E-state index contributed by atoms with van der Waals surface area (Å²) in [6.45, 7) is 17.6. The zero-order chi connectivity index (χ0) is 20.3. The summed E-state index contributed by atoms with van der Waals surface area (Å²) in [7, 11) is 0. The third-order valence-corrected chi connectivity index (χ3v) is 9.03. The van der Waals surface area contributed by atoms with Crippen molar-refractivity contribution in [3.63, 3.8) is 0 Å². The van der Waals surface area contributed by atoms with Crippen LogP contribution in [0.5, 0.6) is 0 Å². The van der Waals surface area contributed by atoms with Crippen molar-refractivity contribution in [2.75, 3.05) is 0 Å². The van der Waals surface area contributed by atoms with Crippen molar-refractivity contribution < 1.29 is 4.58 Å². The van der Waals surface area contributed by atoms with Gasteiger partial charge in [-0.15, -0.1) is 0 Å². The van der Waals surface area contributed by atoms with E-state index in [1.165, 1.54) is 16.8 Å². The number of nitrogens with zero attached hydrogens (tertiary/aromatic N) is 1. The molecule has 26 heavy (non-hydrogen) atoms. The fraction of sp³-hybridized carbons (Fsp3) is 0.650. The number of para-hydroxylation sites is 1. The molecule has 0 fully saturated rings. The van der Waals surface area contributed by atoms with Crippen LogP contribution in [0.4, 0.5) is 5.69 Å². The molecule has 6 heteroatoms. The predicted octanol–water partition coefficient (Wildman–Crippen LogP) is 8.11. The summed E-state index contributed by atoms with van der Waals surface area (Å²) in [6.07, 6.45) is 0.877. The van der Waals surface area contributed by atoms with Crippen LogP contribution in [0.2, 0.25) is 0 Å².